The highest BCUT2D eigenvalue weighted by molar-refractivity contribution is 7.91. The van der Waals surface area contributed by atoms with Gasteiger partial charge in [-0.15, -0.1) is 0 Å². The Morgan fingerprint density at radius 2 is 1.02 bits per heavy atom. The van der Waals surface area contributed by atoms with Crippen LogP contribution in [0.1, 0.15) is 36.1 Å². The van der Waals surface area contributed by atoms with E-state index < -0.39 is 15.3 Å². The molecule has 0 saturated carbocycles. The van der Waals surface area contributed by atoms with Crippen molar-refractivity contribution in [3.8, 4) is 0 Å². The zero-order valence-electron chi connectivity index (χ0n) is 25.5. The van der Waals surface area contributed by atoms with Crippen LogP contribution in [0.4, 0.5) is 0 Å². The Balaban J connectivity index is 1.48. The second kappa shape index (κ2) is 9.61. The van der Waals surface area contributed by atoms with Gasteiger partial charge in [-0.3, -0.25) is 9.97 Å². The first-order chi connectivity index (χ1) is 22.5. The standard InChI is InChI=1S/C39H30N4O2S/c1-3-42-31-19-17-25(23-27(31)37-33(42)13-9-21-40-37)39(26-18-20-32-28(24-26)38-34(43(32)4-2)14-10-22-41-38)29-11-5-7-15-35(29)46(44,45)36-16-8-6-12-30(36)39/h5-24H,3-4H2,1-2H3. The van der Waals surface area contributed by atoms with Gasteiger partial charge < -0.3 is 9.13 Å². The van der Waals surface area contributed by atoms with E-state index >= 15 is 0 Å². The van der Waals surface area contributed by atoms with Crippen molar-refractivity contribution in [3.05, 3.63) is 144 Å². The molecule has 1 aliphatic rings. The van der Waals surface area contributed by atoms with Gasteiger partial charge in [-0.25, -0.2) is 8.42 Å². The normalized spacial score (nSPS) is 15.0. The number of aryl methyl sites for hydroxylation is 2. The molecule has 224 valence electrons. The summed E-state index contributed by atoms with van der Waals surface area (Å²) in [6.45, 7) is 5.92. The van der Waals surface area contributed by atoms with Gasteiger partial charge in [-0.2, -0.15) is 0 Å². The molecule has 46 heavy (non-hydrogen) atoms. The molecule has 0 aliphatic carbocycles. The van der Waals surface area contributed by atoms with Crippen LogP contribution in [0.15, 0.2) is 131 Å². The van der Waals surface area contributed by atoms with Gasteiger partial charge in [0.2, 0.25) is 9.84 Å². The molecule has 4 aromatic heterocycles. The highest BCUT2D eigenvalue weighted by atomic mass is 32.2. The molecule has 6 nitrogen and oxygen atoms in total. The summed E-state index contributed by atoms with van der Waals surface area (Å²) in [6.07, 6.45) is 3.68. The number of hydrogen-bond donors (Lipinski definition) is 0. The van der Waals surface area contributed by atoms with Gasteiger partial charge in [-0.1, -0.05) is 48.5 Å². The lowest BCUT2D eigenvalue weighted by molar-refractivity contribution is 0.579. The van der Waals surface area contributed by atoms with Crippen LogP contribution < -0.4 is 0 Å². The SMILES string of the molecule is CCn1c2ccc(C3(c4ccc5c(c4)c4ncccc4n5CC)c4ccccc4S(=O)(=O)c4ccccc43)cc2c2ncccc21. The van der Waals surface area contributed by atoms with Crippen molar-refractivity contribution in [3.63, 3.8) is 0 Å². The Morgan fingerprint density at radius 3 is 1.48 bits per heavy atom. The predicted molar refractivity (Wildman–Crippen MR) is 183 cm³/mol. The molecule has 0 radical (unpaired) electrons. The minimum absolute atomic E-state index is 0.331. The second-order valence-corrected chi connectivity index (χ2v) is 13.8. The number of sulfone groups is 1. The summed E-state index contributed by atoms with van der Waals surface area (Å²) in [5, 5.41) is 2.09. The maximum atomic E-state index is 14.3. The van der Waals surface area contributed by atoms with E-state index in [4.69, 9.17) is 9.97 Å². The first-order valence-corrected chi connectivity index (χ1v) is 17.2. The predicted octanol–water partition coefficient (Wildman–Crippen LogP) is 8.26. The van der Waals surface area contributed by atoms with Crippen molar-refractivity contribution in [2.75, 3.05) is 0 Å². The van der Waals surface area contributed by atoms with Gasteiger partial charge in [0.1, 0.15) is 0 Å². The van der Waals surface area contributed by atoms with Gasteiger partial charge in [0.15, 0.2) is 0 Å². The molecule has 0 spiro atoms. The van der Waals surface area contributed by atoms with Crippen molar-refractivity contribution in [2.45, 2.75) is 42.1 Å². The summed E-state index contributed by atoms with van der Waals surface area (Å²) < 4.78 is 33.1. The lowest BCUT2D eigenvalue weighted by Crippen LogP contribution is -2.37. The van der Waals surface area contributed by atoms with Crippen LogP contribution in [-0.2, 0) is 28.3 Å². The molecule has 0 bridgehead atoms. The maximum absolute atomic E-state index is 14.3. The van der Waals surface area contributed by atoms with Gasteiger partial charge in [0.05, 0.1) is 48.3 Å². The highest BCUT2D eigenvalue weighted by Gasteiger charge is 2.49. The average molecular weight is 619 g/mol. The van der Waals surface area contributed by atoms with E-state index in [9.17, 15) is 8.42 Å². The zero-order chi connectivity index (χ0) is 31.2. The molecule has 7 heteroatoms. The van der Waals surface area contributed by atoms with Gasteiger partial charge in [-0.05, 0) is 96.8 Å². The van der Waals surface area contributed by atoms with Crippen molar-refractivity contribution < 1.29 is 8.42 Å². The fourth-order valence-corrected chi connectivity index (χ4v) is 9.82. The molecule has 0 amide bonds. The van der Waals surface area contributed by atoms with Gasteiger partial charge in [0.25, 0.3) is 0 Å². The first kappa shape index (κ1) is 27.1. The molecule has 1 aliphatic heterocycles. The summed E-state index contributed by atoms with van der Waals surface area (Å²) >= 11 is 0. The number of rotatable bonds is 4. The van der Waals surface area contributed by atoms with Crippen LogP contribution in [0.5, 0.6) is 0 Å². The smallest absolute Gasteiger partial charge is 0.207 e. The molecule has 0 saturated heterocycles. The van der Waals surface area contributed by atoms with E-state index in [2.05, 4.69) is 71.5 Å². The number of nitrogens with zero attached hydrogens (tertiary/aromatic N) is 4. The Bertz CT molecular complexity index is 2470. The Kier molecular flexibility index (Phi) is 5.66. The molecule has 9 rings (SSSR count). The zero-order valence-corrected chi connectivity index (χ0v) is 26.3. The van der Waals surface area contributed by atoms with Crippen molar-refractivity contribution >= 4 is 53.7 Å². The van der Waals surface area contributed by atoms with Crippen LogP contribution in [0.2, 0.25) is 0 Å². The van der Waals surface area contributed by atoms with E-state index in [-0.39, 0.29) is 0 Å². The second-order valence-electron chi connectivity index (χ2n) is 11.9. The Hall–Kier alpha value is -5.27. The summed E-state index contributed by atoms with van der Waals surface area (Å²) in [5.41, 5.74) is 8.76. The number of hydrogen-bond acceptors (Lipinski definition) is 4. The third-order valence-electron chi connectivity index (χ3n) is 9.90. The molecule has 8 aromatic rings. The summed E-state index contributed by atoms with van der Waals surface area (Å²) in [7, 11) is -3.78. The lowest BCUT2D eigenvalue weighted by Gasteiger charge is -2.41. The number of pyridine rings is 2. The van der Waals surface area contributed by atoms with Crippen molar-refractivity contribution in [2.24, 2.45) is 0 Å². The molecule has 5 heterocycles. The number of fused-ring (bicyclic) bond motifs is 8. The molecular formula is C39H30N4O2S. The van der Waals surface area contributed by atoms with E-state index in [0.29, 0.717) is 9.79 Å². The fraction of sp³-hybridized carbons (Fsp3) is 0.128. The molecule has 0 fully saturated rings. The van der Waals surface area contributed by atoms with Crippen LogP contribution in [0.25, 0.3) is 43.9 Å². The quantitative estimate of drug-likeness (QED) is 0.199. The van der Waals surface area contributed by atoms with Gasteiger partial charge >= 0.3 is 0 Å². The van der Waals surface area contributed by atoms with Crippen LogP contribution in [-0.4, -0.2) is 27.5 Å². The van der Waals surface area contributed by atoms with E-state index in [0.717, 1.165) is 79.2 Å². The number of benzene rings is 4. The maximum Gasteiger partial charge on any atom is 0.207 e. The van der Waals surface area contributed by atoms with E-state index in [1.165, 1.54) is 0 Å². The van der Waals surface area contributed by atoms with E-state index in [1.54, 1.807) is 12.1 Å². The summed E-state index contributed by atoms with van der Waals surface area (Å²) in [5.74, 6) is 0. The van der Waals surface area contributed by atoms with Crippen LogP contribution in [0.3, 0.4) is 0 Å². The Morgan fingerprint density at radius 1 is 0.565 bits per heavy atom. The van der Waals surface area contributed by atoms with Crippen molar-refractivity contribution in [1.29, 1.82) is 0 Å². The van der Waals surface area contributed by atoms with Crippen LogP contribution >= 0.6 is 0 Å². The molecule has 0 atom stereocenters. The summed E-state index contributed by atoms with van der Waals surface area (Å²) in [6, 6.07) is 36.4. The lowest BCUT2D eigenvalue weighted by atomic mass is 9.64. The van der Waals surface area contributed by atoms with Gasteiger partial charge in [0, 0.05) is 36.3 Å². The topological polar surface area (TPSA) is 69.8 Å². The highest BCUT2D eigenvalue weighted by Crippen LogP contribution is 2.54. The minimum atomic E-state index is -3.78. The molecule has 4 aromatic carbocycles. The summed E-state index contributed by atoms with van der Waals surface area (Å²) in [4.78, 5) is 10.3. The molecular weight excluding hydrogens is 589 g/mol. The average Bonchev–Trinajstić information content (AvgIpc) is 3.60. The third kappa shape index (κ3) is 3.33. The molecule has 0 unspecified atom stereocenters. The minimum Gasteiger partial charge on any atom is -0.339 e. The van der Waals surface area contributed by atoms with Crippen molar-refractivity contribution in [1.82, 2.24) is 19.1 Å². The van der Waals surface area contributed by atoms with Crippen LogP contribution in [0, 0.1) is 0 Å². The largest absolute Gasteiger partial charge is 0.339 e. The Labute approximate surface area is 266 Å². The molecule has 0 N–H and O–H groups in total. The van der Waals surface area contributed by atoms with E-state index in [1.807, 2.05) is 60.9 Å². The fourth-order valence-electron chi connectivity index (χ4n) is 8.05. The monoisotopic (exact) mass is 618 g/mol. The first-order valence-electron chi connectivity index (χ1n) is 15.7. The third-order valence-corrected chi connectivity index (χ3v) is 11.8. The number of aromatic nitrogens is 4.